The van der Waals surface area contributed by atoms with E-state index < -0.39 is 4.92 Å². The number of nitrogens with zero attached hydrogens (tertiary/aromatic N) is 1. The summed E-state index contributed by atoms with van der Waals surface area (Å²) in [5.74, 6) is 0.835. The van der Waals surface area contributed by atoms with E-state index in [0.29, 0.717) is 0 Å². The van der Waals surface area contributed by atoms with Crippen molar-refractivity contribution in [3.05, 3.63) is 64.6 Å². The van der Waals surface area contributed by atoms with Crippen LogP contribution in [0.15, 0.2) is 53.1 Å². The topological polar surface area (TPSA) is 56.3 Å². The number of nitro benzene ring substituents is 1. The minimum atomic E-state index is -0.393. The van der Waals surface area contributed by atoms with Crippen molar-refractivity contribution in [1.82, 2.24) is 0 Å². The molecule has 0 atom stereocenters. The van der Waals surface area contributed by atoms with Crippen LogP contribution in [0.2, 0.25) is 0 Å². The normalized spacial score (nSPS) is 10.8. The van der Waals surface area contributed by atoms with Crippen molar-refractivity contribution >= 4 is 5.69 Å². The molecule has 0 saturated carbocycles. The second-order valence-corrected chi connectivity index (χ2v) is 4.41. The summed E-state index contributed by atoms with van der Waals surface area (Å²) < 4.78 is 5.35. The Hall–Kier alpha value is -2.62. The third kappa shape index (κ3) is 1.97. The Balaban J connectivity index is 2.09. The highest BCUT2D eigenvalue weighted by Crippen LogP contribution is 2.36. The zero-order valence-electron chi connectivity index (χ0n) is 10.3. The molecule has 0 saturated heterocycles. The largest absolute Gasteiger partial charge is 0.469 e. The molecule has 0 N–H and O–H groups in total. The molecule has 94 valence electrons. The summed E-state index contributed by atoms with van der Waals surface area (Å²) in [4.78, 5) is 10.3. The minimum Gasteiger partial charge on any atom is -0.469 e. The summed E-state index contributed by atoms with van der Waals surface area (Å²) >= 11 is 0. The molecule has 1 aliphatic heterocycles. The first-order valence-electron chi connectivity index (χ1n) is 5.88. The van der Waals surface area contributed by atoms with Gasteiger partial charge in [-0.3, -0.25) is 10.1 Å². The van der Waals surface area contributed by atoms with Crippen LogP contribution >= 0.6 is 0 Å². The van der Waals surface area contributed by atoms with Crippen LogP contribution in [0.25, 0.3) is 22.3 Å². The monoisotopic (exact) mass is 253 g/mol. The Kier molecular flexibility index (Phi) is 2.56. The van der Waals surface area contributed by atoms with E-state index in [9.17, 15) is 10.1 Å². The maximum absolute atomic E-state index is 10.6. The minimum absolute atomic E-state index is 0.103. The van der Waals surface area contributed by atoms with Gasteiger partial charge in [-0.15, -0.1) is 0 Å². The third-order valence-electron chi connectivity index (χ3n) is 3.14. The zero-order chi connectivity index (χ0) is 13.4. The van der Waals surface area contributed by atoms with Crippen LogP contribution in [-0.4, -0.2) is 4.92 Å². The van der Waals surface area contributed by atoms with E-state index in [4.69, 9.17) is 4.42 Å². The van der Waals surface area contributed by atoms with Gasteiger partial charge in [-0.2, -0.15) is 0 Å². The van der Waals surface area contributed by atoms with E-state index in [1.807, 2.05) is 25.1 Å². The number of rotatable bonds is 2. The first-order valence-corrected chi connectivity index (χ1v) is 5.88. The molecule has 3 rings (SSSR count). The van der Waals surface area contributed by atoms with Crippen LogP contribution < -0.4 is 0 Å². The van der Waals surface area contributed by atoms with Crippen molar-refractivity contribution in [3.8, 4) is 22.3 Å². The van der Waals surface area contributed by atoms with Crippen molar-refractivity contribution in [1.29, 1.82) is 0 Å². The van der Waals surface area contributed by atoms with Gasteiger partial charge in [0, 0.05) is 17.7 Å². The van der Waals surface area contributed by atoms with E-state index in [-0.39, 0.29) is 5.69 Å². The van der Waals surface area contributed by atoms with Crippen LogP contribution in [0, 0.1) is 17.0 Å². The van der Waals surface area contributed by atoms with Crippen molar-refractivity contribution in [2.75, 3.05) is 0 Å². The molecule has 0 fully saturated rings. The number of aryl methyl sites for hydroxylation is 1. The van der Waals surface area contributed by atoms with Crippen LogP contribution in [0.1, 0.15) is 5.76 Å². The maximum atomic E-state index is 10.6. The number of fused-ring (bicyclic) bond motifs is 1. The van der Waals surface area contributed by atoms with Gasteiger partial charge in [0.25, 0.3) is 5.69 Å². The van der Waals surface area contributed by atoms with Gasteiger partial charge in [-0.25, -0.2) is 0 Å². The van der Waals surface area contributed by atoms with Gasteiger partial charge >= 0.3 is 0 Å². The van der Waals surface area contributed by atoms with E-state index in [1.165, 1.54) is 12.1 Å². The molecule has 4 nitrogen and oxygen atoms in total. The Morgan fingerprint density at radius 2 is 1.68 bits per heavy atom. The highest BCUT2D eigenvalue weighted by atomic mass is 16.6. The Morgan fingerprint density at radius 3 is 2.37 bits per heavy atom. The molecule has 4 heteroatoms. The van der Waals surface area contributed by atoms with E-state index in [2.05, 4.69) is 0 Å². The summed E-state index contributed by atoms with van der Waals surface area (Å²) in [6.45, 7) is 1.89. The number of hydrogen-bond acceptors (Lipinski definition) is 3. The highest BCUT2D eigenvalue weighted by Gasteiger charge is 2.13. The molecule has 0 unspecified atom stereocenters. The molecular formula is C15H11NO3. The molecule has 1 aromatic carbocycles. The summed E-state index contributed by atoms with van der Waals surface area (Å²) in [5.41, 5.74) is 4.25. The number of nitro groups is 1. The van der Waals surface area contributed by atoms with Crippen molar-refractivity contribution < 1.29 is 9.34 Å². The van der Waals surface area contributed by atoms with Gasteiger partial charge in [-0.1, -0.05) is 12.1 Å². The first-order chi connectivity index (χ1) is 9.15. The van der Waals surface area contributed by atoms with Crippen LogP contribution in [-0.2, 0) is 0 Å². The molecule has 0 radical (unpaired) electrons. The fourth-order valence-corrected chi connectivity index (χ4v) is 2.18. The van der Waals surface area contributed by atoms with Gasteiger partial charge < -0.3 is 4.42 Å². The second-order valence-electron chi connectivity index (χ2n) is 4.41. The predicted octanol–water partition coefficient (Wildman–Crippen LogP) is 4.27. The lowest BCUT2D eigenvalue weighted by molar-refractivity contribution is -0.384. The smallest absolute Gasteiger partial charge is 0.269 e. The SMILES string of the molecule is Cc1cc2c(-c3ccc([N+](=O)[O-])cc3)ccc-2co1. The Bertz CT molecular complexity index is 713. The summed E-state index contributed by atoms with van der Waals surface area (Å²) in [6.07, 6.45) is 1.72. The average Bonchev–Trinajstić information content (AvgIpc) is 2.81. The lowest BCUT2D eigenvalue weighted by atomic mass is 10.0. The fourth-order valence-electron chi connectivity index (χ4n) is 2.18. The fraction of sp³-hybridized carbons (Fsp3) is 0.0667. The molecule has 1 heterocycles. The summed E-state index contributed by atoms with van der Waals surface area (Å²) in [7, 11) is 0. The Labute approximate surface area is 109 Å². The van der Waals surface area contributed by atoms with Crippen molar-refractivity contribution in [2.24, 2.45) is 0 Å². The van der Waals surface area contributed by atoms with Crippen LogP contribution in [0.3, 0.4) is 0 Å². The number of non-ortho nitro benzene ring substituents is 1. The quantitative estimate of drug-likeness (QED) is 0.506. The van der Waals surface area contributed by atoms with Crippen LogP contribution in [0.4, 0.5) is 5.69 Å². The van der Waals surface area contributed by atoms with Gasteiger partial charge in [0.2, 0.25) is 0 Å². The molecule has 19 heavy (non-hydrogen) atoms. The van der Waals surface area contributed by atoms with E-state index in [1.54, 1.807) is 18.4 Å². The molecule has 0 amide bonds. The van der Waals surface area contributed by atoms with Gasteiger partial charge in [0.15, 0.2) is 0 Å². The summed E-state index contributed by atoms with van der Waals surface area (Å²) in [5, 5.41) is 10.6. The Morgan fingerprint density at radius 1 is 1.00 bits per heavy atom. The summed E-state index contributed by atoms with van der Waals surface area (Å²) in [6, 6.07) is 12.5. The van der Waals surface area contributed by atoms with Gasteiger partial charge in [0.1, 0.15) is 5.76 Å². The first kappa shape index (κ1) is 11.5. The van der Waals surface area contributed by atoms with E-state index >= 15 is 0 Å². The molecule has 1 aromatic rings. The molecule has 0 spiro atoms. The molecular weight excluding hydrogens is 242 g/mol. The highest BCUT2D eigenvalue weighted by molar-refractivity contribution is 5.86. The number of benzene rings is 1. The molecule has 2 aliphatic rings. The molecule has 0 bridgehead atoms. The lowest BCUT2D eigenvalue weighted by Crippen LogP contribution is -1.87. The van der Waals surface area contributed by atoms with Crippen molar-refractivity contribution in [3.63, 3.8) is 0 Å². The zero-order valence-corrected chi connectivity index (χ0v) is 10.3. The van der Waals surface area contributed by atoms with Crippen molar-refractivity contribution in [2.45, 2.75) is 6.92 Å². The third-order valence-corrected chi connectivity index (χ3v) is 3.14. The molecule has 0 aromatic heterocycles. The average molecular weight is 253 g/mol. The van der Waals surface area contributed by atoms with E-state index in [0.717, 1.165) is 28.0 Å². The van der Waals surface area contributed by atoms with Gasteiger partial charge in [-0.05, 0) is 41.8 Å². The maximum Gasteiger partial charge on any atom is 0.269 e. The van der Waals surface area contributed by atoms with Gasteiger partial charge in [0.05, 0.1) is 11.2 Å². The standard InChI is InChI=1S/C15H11NO3/c1-10-8-15-12(9-19-10)4-7-14(15)11-2-5-13(6-3-11)16(17)18/h2-9H,1H3. The predicted molar refractivity (Wildman–Crippen MR) is 72.2 cm³/mol. The second kappa shape index (κ2) is 4.24. The molecule has 1 aliphatic carbocycles. The lowest BCUT2D eigenvalue weighted by Gasteiger charge is -2.05. The number of hydrogen-bond donors (Lipinski definition) is 0. The van der Waals surface area contributed by atoms with Crippen LogP contribution in [0.5, 0.6) is 0 Å².